The molecule has 4 nitrogen and oxygen atoms in total. The maximum absolute atomic E-state index is 10.4. The van der Waals surface area contributed by atoms with Crippen molar-refractivity contribution < 1.29 is 9.90 Å². The van der Waals surface area contributed by atoms with Crippen LogP contribution in [0.15, 0.2) is 0 Å². The first-order chi connectivity index (χ1) is 4.74. The summed E-state index contributed by atoms with van der Waals surface area (Å²) in [4.78, 5) is 10.4. The molecule has 4 N–H and O–H groups in total. The highest BCUT2D eigenvalue weighted by atomic mass is 35.5. The van der Waals surface area contributed by atoms with Gasteiger partial charge in [0.15, 0.2) is 0 Å². The van der Waals surface area contributed by atoms with Crippen molar-refractivity contribution in [3.05, 3.63) is 0 Å². The van der Waals surface area contributed by atoms with Gasteiger partial charge in [-0.2, -0.15) is 0 Å². The second kappa shape index (κ2) is 4.54. The first-order valence-corrected chi connectivity index (χ1v) is 3.40. The predicted molar refractivity (Wildman–Crippen MR) is 43.8 cm³/mol. The summed E-state index contributed by atoms with van der Waals surface area (Å²) in [6.07, 6.45) is 0.672. The van der Waals surface area contributed by atoms with Crippen molar-refractivity contribution in [2.24, 2.45) is 11.7 Å². The lowest BCUT2D eigenvalue weighted by atomic mass is 10.1. The molecule has 0 aromatic carbocycles. The molecular formula is C6H13ClN2O2. The molecule has 1 fully saturated rings. The van der Waals surface area contributed by atoms with Crippen LogP contribution in [0.5, 0.6) is 0 Å². The summed E-state index contributed by atoms with van der Waals surface area (Å²) in [5.74, 6) is -0.419. The zero-order valence-corrected chi connectivity index (χ0v) is 6.93. The van der Waals surface area contributed by atoms with Crippen LogP contribution in [0.4, 0.5) is 0 Å². The zero-order valence-electron chi connectivity index (χ0n) is 6.12. The van der Waals surface area contributed by atoms with Crippen molar-refractivity contribution >= 4 is 18.4 Å². The molecule has 2 unspecified atom stereocenters. The largest absolute Gasteiger partial charge is 0.480 e. The van der Waals surface area contributed by atoms with Gasteiger partial charge in [0.25, 0.3) is 0 Å². The Morgan fingerprint density at radius 1 is 1.73 bits per heavy atom. The predicted octanol–water partition coefficient (Wildman–Crippen LogP) is -0.570. The molecule has 5 heteroatoms. The van der Waals surface area contributed by atoms with Crippen molar-refractivity contribution in [1.29, 1.82) is 0 Å². The van der Waals surface area contributed by atoms with Crippen LogP contribution in [0, 0.1) is 5.92 Å². The van der Waals surface area contributed by atoms with E-state index in [4.69, 9.17) is 10.8 Å². The number of aliphatic carboxylic acids is 1. The number of halogens is 1. The molecule has 11 heavy (non-hydrogen) atoms. The first kappa shape index (κ1) is 10.7. The SMILES string of the molecule is Cl.NCC1CNC(C(=O)O)C1. The Balaban J connectivity index is 0.000001000. The molecular weight excluding hydrogens is 168 g/mol. The number of carboxylic acids is 1. The van der Waals surface area contributed by atoms with E-state index in [0.29, 0.717) is 18.9 Å². The Morgan fingerprint density at radius 2 is 2.36 bits per heavy atom. The number of nitrogens with one attached hydrogen (secondary N) is 1. The van der Waals surface area contributed by atoms with E-state index in [0.717, 1.165) is 6.54 Å². The number of hydrogen-bond donors (Lipinski definition) is 3. The highest BCUT2D eigenvalue weighted by Crippen LogP contribution is 2.11. The van der Waals surface area contributed by atoms with E-state index in [2.05, 4.69) is 5.32 Å². The smallest absolute Gasteiger partial charge is 0.320 e. The summed E-state index contributed by atoms with van der Waals surface area (Å²) >= 11 is 0. The third-order valence-electron chi connectivity index (χ3n) is 1.85. The van der Waals surface area contributed by atoms with Crippen LogP contribution < -0.4 is 11.1 Å². The van der Waals surface area contributed by atoms with Crippen molar-refractivity contribution in [2.75, 3.05) is 13.1 Å². The fraction of sp³-hybridized carbons (Fsp3) is 0.833. The lowest BCUT2D eigenvalue weighted by Gasteiger charge is -2.02. The summed E-state index contributed by atoms with van der Waals surface area (Å²) in [6, 6.07) is -0.367. The molecule has 2 atom stereocenters. The summed E-state index contributed by atoms with van der Waals surface area (Å²) in [5.41, 5.74) is 5.36. The van der Waals surface area contributed by atoms with Crippen LogP contribution >= 0.6 is 12.4 Å². The van der Waals surface area contributed by atoms with Crippen LogP contribution in [0.3, 0.4) is 0 Å². The van der Waals surface area contributed by atoms with Gasteiger partial charge in [0.05, 0.1) is 0 Å². The van der Waals surface area contributed by atoms with Gasteiger partial charge in [-0.1, -0.05) is 0 Å². The normalized spacial score (nSPS) is 29.5. The van der Waals surface area contributed by atoms with E-state index in [1.165, 1.54) is 0 Å². The molecule has 66 valence electrons. The summed E-state index contributed by atoms with van der Waals surface area (Å²) < 4.78 is 0. The maximum atomic E-state index is 10.4. The van der Waals surface area contributed by atoms with Gasteiger partial charge in [0, 0.05) is 6.54 Å². The van der Waals surface area contributed by atoms with E-state index in [9.17, 15) is 4.79 Å². The molecule has 0 aromatic heterocycles. The van der Waals surface area contributed by atoms with Crippen molar-refractivity contribution in [1.82, 2.24) is 5.32 Å². The maximum Gasteiger partial charge on any atom is 0.320 e. The summed E-state index contributed by atoms with van der Waals surface area (Å²) in [5, 5.41) is 11.4. The second-order valence-corrected chi connectivity index (χ2v) is 2.64. The van der Waals surface area contributed by atoms with E-state index in [-0.39, 0.29) is 18.4 Å². The summed E-state index contributed by atoms with van der Waals surface area (Å²) in [7, 11) is 0. The molecule has 1 rings (SSSR count). The lowest BCUT2D eigenvalue weighted by molar-refractivity contribution is -0.139. The van der Waals surface area contributed by atoms with E-state index in [1.807, 2.05) is 0 Å². The molecule has 0 amide bonds. The zero-order chi connectivity index (χ0) is 7.56. The first-order valence-electron chi connectivity index (χ1n) is 3.40. The van der Waals surface area contributed by atoms with Gasteiger partial charge in [-0.3, -0.25) is 4.79 Å². The van der Waals surface area contributed by atoms with Gasteiger partial charge >= 0.3 is 5.97 Å². The Hall–Kier alpha value is -0.320. The molecule has 0 saturated carbocycles. The van der Waals surface area contributed by atoms with Gasteiger partial charge in [0.2, 0.25) is 0 Å². The quantitative estimate of drug-likeness (QED) is 0.532. The lowest BCUT2D eigenvalue weighted by Crippen LogP contribution is -2.29. The van der Waals surface area contributed by atoms with Gasteiger partial charge in [-0.05, 0) is 18.9 Å². The van der Waals surface area contributed by atoms with E-state index < -0.39 is 5.97 Å². The molecule has 1 aliphatic heterocycles. The average molecular weight is 181 g/mol. The minimum Gasteiger partial charge on any atom is -0.480 e. The number of nitrogens with two attached hydrogens (primary N) is 1. The topological polar surface area (TPSA) is 75.3 Å². The van der Waals surface area contributed by atoms with Crippen LogP contribution in [0.25, 0.3) is 0 Å². The fourth-order valence-electron chi connectivity index (χ4n) is 1.18. The average Bonchev–Trinajstić information content (AvgIpc) is 2.34. The molecule has 1 heterocycles. The monoisotopic (exact) mass is 180 g/mol. The highest BCUT2D eigenvalue weighted by molar-refractivity contribution is 5.85. The van der Waals surface area contributed by atoms with Crippen LogP contribution in [-0.4, -0.2) is 30.2 Å². The Labute approximate surface area is 71.6 Å². The molecule has 0 bridgehead atoms. The minimum atomic E-state index is -0.768. The standard InChI is InChI=1S/C6H12N2O2.ClH/c7-2-4-1-5(6(9)10)8-3-4;/h4-5,8H,1-3,7H2,(H,9,10);1H. The number of rotatable bonds is 2. The van der Waals surface area contributed by atoms with Crippen LogP contribution in [0.2, 0.25) is 0 Å². The Kier molecular flexibility index (Phi) is 4.40. The van der Waals surface area contributed by atoms with Crippen LogP contribution in [0.1, 0.15) is 6.42 Å². The van der Waals surface area contributed by atoms with Gasteiger partial charge in [0.1, 0.15) is 6.04 Å². The molecule has 1 saturated heterocycles. The number of carboxylic acid groups (broad SMARTS) is 1. The van der Waals surface area contributed by atoms with Gasteiger partial charge in [-0.25, -0.2) is 0 Å². The third kappa shape index (κ3) is 2.65. The Bertz CT molecular complexity index is 143. The number of hydrogen-bond acceptors (Lipinski definition) is 3. The molecule has 0 spiro atoms. The molecule has 0 aromatic rings. The Morgan fingerprint density at radius 3 is 2.64 bits per heavy atom. The van der Waals surface area contributed by atoms with Gasteiger partial charge in [-0.15, -0.1) is 12.4 Å². The second-order valence-electron chi connectivity index (χ2n) is 2.64. The molecule has 0 radical (unpaired) electrons. The third-order valence-corrected chi connectivity index (χ3v) is 1.85. The van der Waals surface area contributed by atoms with E-state index in [1.54, 1.807) is 0 Å². The van der Waals surface area contributed by atoms with Crippen LogP contribution in [-0.2, 0) is 4.79 Å². The van der Waals surface area contributed by atoms with Crippen molar-refractivity contribution in [3.63, 3.8) is 0 Å². The van der Waals surface area contributed by atoms with Crippen molar-refractivity contribution in [3.8, 4) is 0 Å². The summed E-state index contributed by atoms with van der Waals surface area (Å²) in [6.45, 7) is 1.32. The fourth-order valence-corrected chi connectivity index (χ4v) is 1.18. The highest BCUT2D eigenvalue weighted by Gasteiger charge is 2.27. The molecule has 1 aliphatic rings. The van der Waals surface area contributed by atoms with Crippen molar-refractivity contribution in [2.45, 2.75) is 12.5 Å². The molecule has 0 aliphatic carbocycles. The minimum absolute atomic E-state index is 0. The van der Waals surface area contributed by atoms with Gasteiger partial charge < -0.3 is 16.2 Å². The number of carbonyl (C=O) groups is 1. The van der Waals surface area contributed by atoms with E-state index >= 15 is 0 Å².